The smallest absolute Gasteiger partial charge is 0.0264 e. The summed E-state index contributed by atoms with van der Waals surface area (Å²) in [6.07, 6.45) is 5.95. The Morgan fingerprint density at radius 3 is 2.74 bits per heavy atom. The highest BCUT2D eigenvalue weighted by Crippen LogP contribution is 2.41. The van der Waals surface area contributed by atoms with Crippen LogP contribution in [-0.4, -0.2) is 5.54 Å². The lowest BCUT2D eigenvalue weighted by atomic mass is 9.68. The predicted molar refractivity (Wildman–Crippen MR) is 82.6 cm³/mol. The van der Waals surface area contributed by atoms with Gasteiger partial charge in [0.05, 0.1) is 0 Å². The largest absolute Gasteiger partial charge is 0.324 e. The van der Waals surface area contributed by atoms with E-state index in [1.807, 2.05) is 0 Å². The molecule has 100 valence electrons. The summed E-state index contributed by atoms with van der Waals surface area (Å²) < 4.78 is 0. The van der Waals surface area contributed by atoms with Gasteiger partial charge in [0.2, 0.25) is 0 Å². The second-order valence-corrected chi connectivity index (χ2v) is 6.53. The summed E-state index contributed by atoms with van der Waals surface area (Å²) in [4.78, 5) is 0. The Morgan fingerprint density at radius 2 is 2.00 bits per heavy atom. The molecule has 1 heterocycles. The van der Waals surface area contributed by atoms with Crippen molar-refractivity contribution in [3.63, 3.8) is 0 Å². The Labute approximate surface area is 119 Å². The minimum Gasteiger partial charge on any atom is -0.324 e. The molecule has 19 heavy (non-hydrogen) atoms. The van der Waals surface area contributed by atoms with Gasteiger partial charge in [-0.25, -0.2) is 0 Å². The maximum atomic E-state index is 6.83. The van der Waals surface area contributed by atoms with E-state index in [9.17, 15) is 0 Å². The van der Waals surface area contributed by atoms with Gasteiger partial charge in [-0.2, -0.15) is 11.3 Å². The van der Waals surface area contributed by atoms with Crippen LogP contribution in [0.1, 0.15) is 42.7 Å². The van der Waals surface area contributed by atoms with Crippen LogP contribution in [0.25, 0.3) is 0 Å². The number of thiophene rings is 1. The van der Waals surface area contributed by atoms with Gasteiger partial charge in [0, 0.05) is 11.5 Å². The Bertz CT molecular complexity index is 505. The highest BCUT2D eigenvalue weighted by Gasteiger charge is 2.38. The zero-order chi connectivity index (χ0) is 13.1. The van der Waals surface area contributed by atoms with Crippen LogP contribution in [0.2, 0.25) is 0 Å². The number of hydrogen-bond acceptors (Lipinski definition) is 2. The van der Waals surface area contributed by atoms with Crippen LogP contribution in [-0.2, 0) is 6.42 Å². The van der Waals surface area contributed by atoms with Crippen LogP contribution in [0.3, 0.4) is 0 Å². The molecule has 1 fully saturated rings. The fourth-order valence-electron chi connectivity index (χ4n) is 3.43. The molecule has 2 aromatic rings. The van der Waals surface area contributed by atoms with Crippen LogP contribution in [0.4, 0.5) is 0 Å². The molecule has 3 rings (SSSR count). The molecule has 1 aliphatic rings. The van der Waals surface area contributed by atoms with E-state index in [2.05, 4.69) is 47.2 Å². The van der Waals surface area contributed by atoms with Crippen molar-refractivity contribution in [3.05, 3.63) is 58.3 Å². The molecule has 0 amide bonds. The van der Waals surface area contributed by atoms with E-state index in [-0.39, 0.29) is 5.54 Å². The average Bonchev–Trinajstić information content (AvgIpc) is 2.92. The van der Waals surface area contributed by atoms with E-state index in [4.69, 9.17) is 5.73 Å². The molecular weight excluding hydrogens is 250 g/mol. The third-order valence-electron chi connectivity index (χ3n) is 4.39. The van der Waals surface area contributed by atoms with Gasteiger partial charge in [-0.3, -0.25) is 0 Å². The molecule has 1 aromatic heterocycles. The van der Waals surface area contributed by atoms with Crippen molar-refractivity contribution in [1.82, 2.24) is 0 Å². The Hall–Kier alpha value is -1.12. The van der Waals surface area contributed by atoms with E-state index in [1.165, 1.54) is 30.4 Å². The molecule has 0 radical (unpaired) electrons. The molecule has 1 saturated carbocycles. The summed E-state index contributed by atoms with van der Waals surface area (Å²) in [6.45, 7) is 0. The van der Waals surface area contributed by atoms with E-state index in [1.54, 1.807) is 11.3 Å². The molecule has 0 bridgehead atoms. The quantitative estimate of drug-likeness (QED) is 0.882. The summed E-state index contributed by atoms with van der Waals surface area (Å²) >= 11 is 1.77. The van der Waals surface area contributed by atoms with Crippen molar-refractivity contribution in [1.29, 1.82) is 0 Å². The van der Waals surface area contributed by atoms with Crippen molar-refractivity contribution in [2.45, 2.75) is 43.6 Å². The molecule has 1 aliphatic carbocycles. The van der Waals surface area contributed by atoms with Crippen LogP contribution in [0, 0.1) is 0 Å². The van der Waals surface area contributed by atoms with E-state index in [0.717, 1.165) is 12.8 Å². The second kappa shape index (κ2) is 5.48. The predicted octanol–water partition coefficient (Wildman–Crippen LogP) is 4.35. The van der Waals surface area contributed by atoms with Crippen molar-refractivity contribution in [2.75, 3.05) is 0 Å². The fraction of sp³-hybridized carbons (Fsp3) is 0.412. The molecule has 1 aromatic carbocycles. The summed E-state index contributed by atoms with van der Waals surface area (Å²) in [5.41, 5.74) is 9.58. The third kappa shape index (κ3) is 2.75. The van der Waals surface area contributed by atoms with E-state index >= 15 is 0 Å². The highest BCUT2D eigenvalue weighted by atomic mass is 32.1. The van der Waals surface area contributed by atoms with Crippen molar-refractivity contribution in [3.8, 4) is 0 Å². The number of benzene rings is 1. The third-order valence-corrected chi connectivity index (χ3v) is 5.13. The summed E-state index contributed by atoms with van der Waals surface area (Å²) in [6, 6.07) is 13.1. The molecule has 0 spiro atoms. The molecular formula is C17H21NS. The normalized spacial score (nSPS) is 27.3. The van der Waals surface area contributed by atoms with Gasteiger partial charge < -0.3 is 5.73 Å². The van der Waals surface area contributed by atoms with Gasteiger partial charge in [-0.1, -0.05) is 43.2 Å². The van der Waals surface area contributed by atoms with Gasteiger partial charge >= 0.3 is 0 Å². The van der Waals surface area contributed by atoms with Crippen LogP contribution >= 0.6 is 11.3 Å². The SMILES string of the molecule is NC1(Cc2ccsc2)CCCCC1c1ccccc1. The zero-order valence-electron chi connectivity index (χ0n) is 11.2. The monoisotopic (exact) mass is 271 g/mol. The maximum Gasteiger partial charge on any atom is 0.0264 e. The Balaban J connectivity index is 1.88. The van der Waals surface area contributed by atoms with Gasteiger partial charge in [-0.05, 0) is 47.2 Å². The summed E-state index contributed by atoms with van der Waals surface area (Å²) in [5, 5.41) is 4.39. The minimum atomic E-state index is -0.0688. The Kier molecular flexibility index (Phi) is 3.72. The topological polar surface area (TPSA) is 26.0 Å². The number of nitrogens with two attached hydrogens (primary N) is 1. The lowest BCUT2D eigenvalue weighted by molar-refractivity contribution is 0.249. The fourth-order valence-corrected chi connectivity index (χ4v) is 4.10. The average molecular weight is 271 g/mol. The van der Waals surface area contributed by atoms with E-state index < -0.39 is 0 Å². The van der Waals surface area contributed by atoms with Crippen molar-refractivity contribution < 1.29 is 0 Å². The summed E-state index contributed by atoms with van der Waals surface area (Å²) in [5.74, 6) is 0.502. The van der Waals surface area contributed by atoms with Crippen LogP contribution in [0.15, 0.2) is 47.2 Å². The lowest BCUT2D eigenvalue weighted by Gasteiger charge is -2.42. The highest BCUT2D eigenvalue weighted by molar-refractivity contribution is 7.07. The lowest BCUT2D eigenvalue weighted by Crippen LogP contribution is -2.49. The standard InChI is InChI=1S/C17H21NS/c18-17(12-14-9-11-19-13-14)10-5-4-8-16(17)15-6-2-1-3-7-15/h1-3,6-7,9,11,13,16H,4-5,8,10,12,18H2. The first kappa shape index (κ1) is 12.9. The number of rotatable bonds is 3. The van der Waals surface area contributed by atoms with Crippen molar-refractivity contribution >= 4 is 11.3 Å². The zero-order valence-corrected chi connectivity index (χ0v) is 12.0. The van der Waals surface area contributed by atoms with E-state index in [0.29, 0.717) is 5.92 Å². The molecule has 2 unspecified atom stereocenters. The molecule has 2 atom stereocenters. The summed E-state index contributed by atoms with van der Waals surface area (Å²) in [7, 11) is 0. The van der Waals surface area contributed by atoms with Gasteiger partial charge in [0.15, 0.2) is 0 Å². The van der Waals surface area contributed by atoms with Gasteiger partial charge in [0.1, 0.15) is 0 Å². The number of hydrogen-bond donors (Lipinski definition) is 1. The molecule has 2 heteroatoms. The van der Waals surface area contributed by atoms with Gasteiger partial charge in [-0.15, -0.1) is 0 Å². The first-order chi connectivity index (χ1) is 9.28. The second-order valence-electron chi connectivity index (χ2n) is 5.75. The van der Waals surface area contributed by atoms with Crippen LogP contribution < -0.4 is 5.73 Å². The maximum absolute atomic E-state index is 6.83. The molecule has 0 saturated heterocycles. The molecule has 0 aliphatic heterocycles. The molecule has 1 nitrogen and oxygen atoms in total. The first-order valence-electron chi connectivity index (χ1n) is 7.13. The van der Waals surface area contributed by atoms with Gasteiger partial charge in [0.25, 0.3) is 0 Å². The first-order valence-corrected chi connectivity index (χ1v) is 8.07. The van der Waals surface area contributed by atoms with Crippen LogP contribution in [0.5, 0.6) is 0 Å². The Morgan fingerprint density at radius 1 is 1.16 bits per heavy atom. The molecule has 2 N–H and O–H groups in total. The van der Waals surface area contributed by atoms with Crippen molar-refractivity contribution in [2.24, 2.45) is 5.73 Å². The minimum absolute atomic E-state index is 0.0688.